The molecule has 0 heterocycles. The van der Waals surface area contributed by atoms with E-state index >= 15 is 0 Å². The lowest BCUT2D eigenvalue weighted by Crippen LogP contribution is -1.88. The maximum absolute atomic E-state index is 9.14. The van der Waals surface area contributed by atoms with Gasteiger partial charge >= 0.3 is 0 Å². The number of hydrogen-bond acceptors (Lipinski definition) is 2. The molecular weight excluding hydrogens is 152 g/mol. The minimum atomic E-state index is -0.0382. The van der Waals surface area contributed by atoms with Gasteiger partial charge < -0.3 is 9.84 Å². The van der Waals surface area contributed by atoms with Crippen LogP contribution in [0.2, 0.25) is 0 Å². The van der Waals surface area contributed by atoms with Gasteiger partial charge in [0.1, 0.15) is 0 Å². The van der Waals surface area contributed by atoms with Gasteiger partial charge in [-0.3, -0.25) is 0 Å². The number of aliphatic hydroxyl groups is 1. The normalized spacial score (nSPS) is 11.2. The molecule has 0 aliphatic heterocycles. The Bertz CT molecular complexity index is 252. The third-order valence-electron chi connectivity index (χ3n) is 1.38. The molecule has 0 amide bonds. The topological polar surface area (TPSA) is 29.5 Å². The highest BCUT2D eigenvalue weighted by Crippen LogP contribution is 2.04. The van der Waals surface area contributed by atoms with Crippen LogP contribution >= 0.6 is 0 Å². The molecular formula is C10H12O2. The van der Waals surface area contributed by atoms with E-state index in [0.717, 1.165) is 5.56 Å². The summed E-state index contributed by atoms with van der Waals surface area (Å²) in [7, 11) is 0. The first-order valence-electron chi connectivity index (χ1n) is 3.91. The minimum Gasteiger partial charge on any atom is -0.481 e. The molecule has 0 saturated carbocycles. The van der Waals surface area contributed by atoms with E-state index < -0.39 is 0 Å². The Kier molecular flexibility index (Phi) is 3.20. The molecule has 0 aliphatic carbocycles. The Morgan fingerprint density at radius 1 is 1.42 bits per heavy atom. The summed E-state index contributed by atoms with van der Waals surface area (Å²) < 4.78 is 4.86. The van der Waals surface area contributed by atoms with Gasteiger partial charge in [0.25, 0.3) is 5.95 Å². The second-order valence-corrected chi connectivity index (χ2v) is 2.33. The van der Waals surface area contributed by atoms with Crippen molar-refractivity contribution in [1.29, 1.82) is 0 Å². The van der Waals surface area contributed by atoms with E-state index in [1.165, 1.54) is 0 Å². The summed E-state index contributed by atoms with van der Waals surface area (Å²) in [6, 6.07) is 9.54. The lowest BCUT2D eigenvalue weighted by molar-refractivity contribution is 0.107. The highest BCUT2D eigenvalue weighted by atomic mass is 16.6. The third-order valence-corrected chi connectivity index (χ3v) is 1.38. The van der Waals surface area contributed by atoms with E-state index in [2.05, 4.69) is 0 Å². The van der Waals surface area contributed by atoms with Crippen LogP contribution in [0.4, 0.5) is 0 Å². The van der Waals surface area contributed by atoms with Crippen molar-refractivity contribution < 1.29 is 9.84 Å². The van der Waals surface area contributed by atoms with Gasteiger partial charge in [-0.05, 0) is 12.5 Å². The van der Waals surface area contributed by atoms with Crippen molar-refractivity contribution in [3.05, 3.63) is 41.8 Å². The van der Waals surface area contributed by atoms with Crippen molar-refractivity contribution in [2.75, 3.05) is 6.61 Å². The first-order chi connectivity index (χ1) is 5.83. The number of rotatable bonds is 3. The zero-order chi connectivity index (χ0) is 8.81. The van der Waals surface area contributed by atoms with Gasteiger partial charge in [0, 0.05) is 6.08 Å². The maximum atomic E-state index is 9.14. The molecule has 0 atom stereocenters. The Morgan fingerprint density at radius 3 is 2.67 bits per heavy atom. The van der Waals surface area contributed by atoms with E-state index in [1.54, 1.807) is 6.08 Å². The van der Waals surface area contributed by atoms with Crippen molar-refractivity contribution in [2.45, 2.75) is 6.92 Å². The predicted octanol–water partition coefficient (Wildman–Crippen LogP) is 2.58. The lowest BCUT2D eigenvalue weighted by Gasteiger charge is -1.99. The van der Waals surface area contributed by atoms with E-state index in [1.807, 2.05) is 37.3 Å². The number of hydrogen-bond donors (Lipinski definition) is 1. The number of benzene rings is 1. The molecule has 1 aromatic carbocycles. The highest BCUT2D eigenvalue weighted by molar-refractivity contribution is 5.49. The first-order valence-corrected chi connectivity index (χ1v) is 3.91. The number of aliphatic hydroxyl groups excluding tert-OH is 1. The van der Waals surface area contributed by atoms with Gasteiger partial charge in [0.15, 0.2) is 0 Å². The molecule has 0 aliphatic rings. The van der Waals surface area contributed by atoms with Gasteiger partial charge in [0.05, 0.1) is 6.61 Å². The van der Waals surface area contributed by atoms with Crippen LogP contribution in [0.1, 0.15) is 12.5 Å². The zero-order valence-electron chi connectivity index (χ0n) is 7.03. The molecule has 1 N–H and O–H groups in total. The first kappa shape index (κ1) is 8.65. The van der Waals surface area contributed by atoms with Crippen LogP contribution in [0.25, 0.3) is 6.08 Å². The fraction of sp³-hybridized carbons (Fsp3) is 0.200. The average Bonchev–Trinajstić information content (AvgIpc) is 2.06. The summed E-state index contributed by atoms with van der Waals surface area (Å²) in [4.78, 5) is 0. The molecule has 1 rings (SSSR count). The molecule has 0 radical (unpaired) electrons. The Morgan fingerprint density at radius 2 is 2.08 bits per heavy atom. The molecule has 2 nitrogen and oxygen atoms in total. The molecule has 0 bridgehead atoms. The minimum absolute atomic E-state index is 0.0382. The number of ether oxygens (including phenoxy) is 1. The van der Waals surface area contributed by atoms with Crippen molar-refractivity contribution in [1.82, 2.24) is 0 Å². The SMILES string of the molecule is CCO/C(O)=C/c1ccccc1. The molecule has 0 spiro atoms. The van der Waals surface area contributed by atoms with Crippen LogP contribution in [0.5, 0.6) is 0 Å². The third kappa shape index (κ3) is 2.66. The van der Waals surface area contributed by atoms with Crippen LogP contribution in [-0.2, 0) is 4.74 Å². The zero-order valence-corrected chi connectivity index (χ0v) is 7.03. The Labute approximate surface area is 72.1 Å². The van der Waals surface area contributed by atoms with Gasteiger partial charge in [0.2, 0.25) is 0 Å². The van der Waals surface area contributed by atoms with E-state index in [9.17, 15) is 0 Å². The van der Waals surface area contributed by atoms with E-state index in [-0.39, 0.29) is 5.95 Å². The molecule has 12 heavy (non-hydrogen) atoms. The molecule has 0 aromatic heterocycles. The average molecular weight is 164 g/mol. The summed E-state index contributed by atoms with van der Waals surface area (Å²) in [6.07, 6.45) is 1.59. The molecule has 64 valence electrons. The monoisotopic (exact) mass is 164 g/mol. The summed E-state index contributed by atoms with van der Waals surface area (Å²) in [5.41, 5.74) is 0.934. The van der Waals surface area contributed by atoms with Crippen LogP contribution in [0, 0.1) is 0 Å². The largest absolute Gasteiger partial charge is 0.481 e. The molecule has 2 heteroatoms. The Hall–Kier alpha value is -1.44. The van der Waals surface area contributed by atoms with Crippen LogP contribution in [0.3, 0.4) is 0 Å². The predicted molar refractivity (Wildman–Crippen MR) is 48.7 cm³/mol. The van der Waals surface area contributed by atoms with Crippen LogP contribution in [0.15, 0.2) is 36.3 Å². The van der Waals surface area contributed by atoms with E-state index in [4.69, 9.17) is 9.84 Å². The molecule has 1 aromatic rings. The standard InChI is InChI=1S/C10H12O2/c1-2-12-10(11)8-9-6-4-3-5-7-9/h3-8,11H,2H2,1H3/b10-8+. The smallest absolute Gasteiger partial charge is 0.277 e. The molecule has 0 fully saturated rings. The summed E-state index contributed by atoms with van der Waals surface area (Å²) in [5.74, 6) is -0.0382. The fourth-order valence-electron chi connectivity index (χ4n) is 0.881. The van der Waals surface area contributed by atoms with Gasteiger partial charge in [-0.1, -0.05) is 30.3 Å². The quantitative estimate of drug-likeness (QED) is 0.696. The van der Waals surface area contributed by atoms with Gasteiger partial charge in [-0.25, -0.2) is 0 Å². The van der Waals surface area contributed by atoms with Gasteiger partial charge in [-0.15, -0.1) is 0 Å². The van der Waals surface area contributed by atoms with Crippen molar-refractivity contribution in [2.24, 2.45) is 0 Å². The van der Waals surface area contributed by atoms with Gasteiger partial charge in [-0.2, -0.15) is 0 Å². The second kappa shape index (κ2) is 4.44. The molecule has 0 saturated heterocycles. The summed E-state index contributed by atoms with van der Waals surface area (Å²) >= 11 is 0. The van der Waals surface area contributed by atoms with Crippen molar-refractivity contribution in [3.8, 4) is 0 Å². The summed E-state index contributed by atoms with van der Waals surface area (Å²) in [5, 5.41) is 9.14. The van der Waals surface area contributed by atoms with Crippen LogP contribution in [-0.4, -0.2) is 11.7 Å². The van der Waals surface area contributed by atoms with Crippen LogP contribution < -0.4 is 0 Å². The fourth-order valence-corrected chi connectivity index (χ4v) is 0.881. The summed E-state index contributed by atoms with van der Waals surface area (Å²) in [6.45, 7) is 2.31. The maximum Gasteiger partial charge on any atom is 0.277 e. The van der Waals surface area contributed by atoms with Crippen molar-refractivity contribution >= 4 is 6.08 Å². The molecule has 0 unspecified atom stereocenters. The highest BCUT2D eigenvalue weighted by Gasteiger charge is 1.91. The lowest BCUT2D eigenvalue weighted by atomic mass is 10.2. The Balaban J connectivity index is 2.67. The second-order valence-electron chi connectivity index (χ2n) is 2.33. The van der Waals surface area contributed by atoms with Crippen molar-refractivity contribution in [3.63, 3.8) is 0 Å². The van der Waals surface area contributed by atoms with E-state index in [0.29, 0.717) is 6.61 Å².